The zero-order valence-electron chi connectivity index (χ0n) is 8.66. The third kappa shape index (κ3) is 1.20. The smallest absolute Gasteiger partial charge is 0.0931 e. The van der Waals surface area contributed by atoms with Crippen molar-refractivity contribution in [2.24, 2.45) is 5.73 Å². The Bertz CT molecular complexity index is 477. The summed E-state index contributed by atoms with van der Waals surface area (Å²) >= 11 is 0. The number of nitrogens with zero attached hydrogens (tertiary/aromatic N) is 1. The van der Waals surface area contributed by atoms with Gasteiger partial charge < -0.3 is 10.7 Å². The van der Waals surface area contributed by atoms with Crippen molar-refractivity contribution >= 4 is 11.0 Å². The Labute approximate surface area is 88.7 Å². The Kier molecular flexibility index (Phi) is 1.83. The number of nitrogens with two attached hydrogens (primary N) is 1. The van der Waals surface area contributed by atoms with E-state index in [0.717, 1.165) is 17.6 Å². The molecule has 1 fully saturated rings. The van der Waals surface area contributed by atoms with Gasteiger partial charge in [0.1, 0.15) is 0 Å². The first-order chi connectivity index (χ1) is 7.34. The quantitative estimate of drug-likeness (QED) is 0.780. The summed E-state index contributed by atoms with van der Waals surface area (Å²) in [6.07, 6.45) is 5.49. The molecule has 0 spiro atoms. The van der Waals surface area contributed by atoms with Gasteiger partial charge >= 0.3 is 0 Å². The molecular weight excluding hydrogens is 186 g/mol. The second kappa shape index (κ2) is 3.07. The predicted molar refractivity (Wildman–Crippen MR) is 60.7 cm³/mol. The maximum absolute atomic E-state index is 5.89. The molecule has 3 nitrogen and oxygen atoms in total. The molecule has 1 heterocycles. The van der Waals surface area contributed by atoms with Gasteiger partial charge in [0.2, 0.25) is 0 Å². The lowest BCUT2D eigenvalue weighted by atomic mass is 9.64. The molecule has 0 radical (unpaired) electrons. The van der Waals surface area contributed by atoms with Crippen LogP contribution in [-0.2, 0) is 5.41 Å². The van der Waals surface area contributed by atoms with E-state index >= 15 is 0 Å². The van der Waals surface area contributed by atoms with Crippen molar-refractivity contribution in [1.29, 1.82) is 0 Å². The Morgan fingerprint density at radius 1 is 1.40 bits per heavy atom. The molecule has 1 saturated carbocycles. The standard InChI is InChI=1S/C12H15N3/c13-7-12(4-1-5-12)9-2-3-10-11(6-9)15-8-14-10/h2-3,6,8H,1,4-5,7,13H2,(H,14,15). The van der Waals surface area contributed by atoms with Gasteiger partial charge in [-0.05, 0) is 30.5 Å². The molecule has 0 bridgehead atoms. The number of aromatic nitrogens is 2. The molecule has 1 aliphatic carbocycles. The number of benzene rings is 1. The zero-order valence-corrected chi connectivity index (χ0v) is 8.66. The van der Waals surface area contributed by atoms with Crippen LogP contribution >= 0.6 is 0 Å². The number of aromatic amines is 1. The number of hydrogen-bond acceptors (Lipinski definition) is 2. The number of H-pyrrole nitrogens is 1. The second-order valence-corrected chi connectivity index (χ2v) is 4.47. The third-order valence-electron chi connectivity index (χ3n) is 3.73. The van der Waals surface area contributed by atoms with Gasteiger partial charge in [0.15, 0.2) is 0 Å². The maximum atomic E-state index is 5.89. The molecule has 1 aromatic carbocycles. The molecule has 2 aromatic rings. The van der Waals surface area contributed by atoms with Crippen LogP contribution in [0.1, 0.15) is 24.8 Å². The van der Waals surface area contributed by atoms with Crippen LogP contribution < -0.4 is 5.73 Å². The highest BCUT2D eigenvalue weighted by Crippen LogP contribution is 2.43. The molecule has 0 amide bonds. The molecule has 0 unspecified atom stereocenters. The summed E-state index contributed by atoms with van der Waals surface area (Å²) < 4.78 is 0. The van der Waals surface area contributed by atoms with E-state index < -0.39 is 0 Å². The largest absolute Gasteiger partial charge is 0.345 e. The molecule has 3 N–H and O–H groups in total. The molecule has 0 atom stereocenters. The summed E-state index contributed by atoms with van der Waals surface area (Å²) in [5.41, 5.74) is 9.66. The fourth-order valence-electron chi connectivity index (χ4n) is 2.48. The summed E-state index contributed by atoms with van der Waals surface area (Å²) in [5.74, 6) is 0. The molecule has 3 rings (SSSR count). The van der Waals surface area contributed by atoms with Crippen molar-refractivity contribution in [2.45, 2.75) is 24.7 Å². The minimum atomic E-state index is 0.249. The third-order valence-corrected chi connectivity index (χ3v) is 3.73. The lowest BCUT2D eigenvalue weighted by molar-refractivity contribution is 0.253. The first-order valence-electron chi connectivity index (χ1n) is 5.48. The van der Waals surface area contributed by atoms with Gasteiger partial charge in [-0.15, -0.1) is 0 Å². The van der Waals surface area contributed by atoms with Crippen molar-refractivity contribution in [1.82, 2.24) is 9.97 Å². The van der Waals surface area contributed by atoms with E-state index in [9.17, 15) is 0 Å². The minimum Gasteiger partial charge on any atom is -0.345 e. The van der Waals surface area contributed by atoms with E-state index in [1.165, 1.54) is 24.8 Å². The van der Waals surface area contributed by atoms with E-state index in [4.69, 9.17) is 5.73 Å². The van der Waals surface area contributed by atoms with Gasteiger partial charge in [0.25, 0.3) is 0 Å². The number of hydrogen-bond donors (Lipinski definition) is 2. The van der Waals surface area contributed by atoms with Crippen LogP contribution in [0.25, 0.3) is 11.0 Å². The zero-order chi connectivity index (χ0) is 10.3. The van der Waals surface area contributed by atoms with E-state index in [1.54, 1.807) is 6.33 Å². The Hall–Kier alpha value is -1.35. The SMILES string of the molecule is NCC1(c2ccc3nc[nH]c3c2)CCC1. The molecular formula is C12H15N3. The van der Waals surface area contributed by atoms with Crippen LogP contribution in [0.2, 0.25) is 0 Å². The van der Waals surface area contributed by atoms with E-state index in [2.05, 4.69) is 28.2 Å². The highest BCUT2D eigenvalue weighted by atomic mass is 14.9. The van der Waals surface area contributed by atoms with Crippen molar-refractivity contribution < 1.29 is 0 Å². The number of rotatable bonds is 2. The van der Waals surface area contributed by atoms with Crippen LogP contribution in [0, 0.1) is 0 Å². The van der Waals surface area contributed by atoms with Crippen LogP contribution in [0.5, 0.6) is 0 Å². The van der Waals surface area contributed by atoms with Crippen LogP contribution in [0.15, 0.2) is 24.5 Å². The number of nitrogens with one attached hydrogen (secondary N) is 1. The Balaban J connectivity index is 2.10. The lowest BCUT2D eigenvalue weighted by Gasteiger charge is -2.41. The van der Waals surface area contributed by atoms with Gasteiger partial charge in [-0.2, -0.15) is 0 Å². The predicted octanol–water partition coefficient (Wildman–Crippen LogP) is 1.94. The highest BCUT2D eigenvalue weighted by molar-refractivity contribution is 5.75. The second-order valence-electron chi connectivity index (χ2n) is 4.47. The molecule has 1 aromatic heterocycles. The number of fused-ring (bicyclic) bond motifs is 1. The van der Waals surface area contributed by atoms with Crippen molar-refractivity contribution in [3.8, 4) is 0 Å². The average Bonchev–Trinajstić information content (AvgIpc) is 2.64. The van der Waals surface area contributed by atoms with E-state index in [0.29, 0.717) is 0 Å². The van der Waals surface area contributed by atoms with Crippen molar-refractivity contribution in [3.05, 3.63) is 30.1 Å². The first-order valence-corrected chi connectivity index (χ1v) is 5.48. The Morgan fingerprint density at radius 3 is 2.93 bits per heavy atom. The maximum Gasteiger partial charge on any atom is 0.0931 e. The monoisotopic (exact) mass is 201 g/mol. The van der Waals surface area contributed by atoms with E-state index in [-0.39, 0.29) is 5.41 Å². The molecule has 3 heteroatoms. The normalized spacial score (nSPS) is 19.0. The molecule has 0 aliphatic heterocycles. The van der Waals surface area contributed by atoms with Gasteiger partial charge in [-0.1, -0.05) is 12.5 Å². The van der Waals surface area contributed by atoms with Crippen LogP contribution in [0.3, 0.4) is 0 Å². The van der Waals surface area contributed by atoms with Gasteiger partial charge in [-0.3, -0.25) is 0 Å². The highest BCUT2D eigenvalue weighted by Gasteiger charge is 2.37. The van der Waals surface area contributed by atoms with Gasteiger partial charge in [0, 0.05) is 12.0 Å². The fraction of sp³-hybridized carbons (Fsp3) is 0.417. The summed E-state index contributed by atoms with van der Waals surface area (Å²) in [6, 6.07) is 6.46. The average molecular weight is 201 g/mol. The minimum absolute atomic E-state index is 0.249. The van der Waals surface area contributed by atoms with Gasteiger partial charge in [0.05, 0.1) is 17.4 Å². The van der Waals surface area contributed by atoms with Crippen LogP contribution in [0.4, 0.5) is 0 Å². The summed E-state index contributed by atoms with van der Waals surface area (Å²) in [4.78, 5) is 7.38. The fourth-order valence-corrected chi connectivity index (χ4v) is 2.48. The van der Waals surface area contributed by atoms with Crippen molar-refractivity contribution in [2.75, 3.05) is 6.54 Å². The van der Waals surface area contributed by atoms with Crippen LogP contribution in [-0.4, -0.2) is 16.5 Å². The van der Waals surface area contributed by atoms with Gasteiger partial charge in [-0.25, -0.2) is 4.98 Å². The molecule has 0 saturated heterocycles. The first kappa shape index (κ1) is 8.92. The Morgan fingerprint density at radius 2 is 2.27 bits per heavy atom. The van der Waals surface area contributed by atoms with E-state index in [1.807, 2.05) is 0 Å². The number of imidazole rings is 1. The molecule has 1 aliphatic rings. The summed E-state index contributed by atoms with van der Waals surface area (Å²) in [5, 5.41) is 0. The topological polar surface area (TPSA) is 54.7 Å². The summed E-state index contributed by atoms with van der Waals surface area (Å²) in [7, 11) is 0. The van der Waals surface area contributed by atoms with Crippen molar-refractivity contribution in [3.63, 3.8) is 0 Å². The molecule has 78 valence electrons. The lowest BCUT2D eigenvalue weighted by Crippen LogP contribution is -2.41. The molecule has 15 heavy (non-hydrogen) atoms. The summed E-state index contributed by atoms with van der Waals surface area (Å²) in [6.45, 7) is 0.757.